The highest BCUT2D eigenvalue weighted by molar-refractivity contribution is 5.68. The van der Waals surface area contributed by atoms with Crippen LogP contribution >= 0.6 is 0 Å². The van der Waals surface area contributed by atoms with Gasteiger partial charge in [0, 0.05) is 12.6 Å². The molecule has 100 valence electrons. The first-order valence-electron chi connectivity index (χ1n) is 6.69. The Labute approximate surface area is 109 Å². The zero-order valence-electron chi connectivity index (χ0n) is 11.1. The number of ether oxygens (including phenoxy) is 1. The van der Waals surface area contributed by atoms with Gasteiger partial charge in [0.2, 0.25) is 0 Å². The van der Waals surface area contributed by atoms with Crippen molar-refractivity contribution in [3.05, 3.63) is 18.2 Å². The highest BCUT2D eigenvalue weighted by Gasteiger charge is 2.10. The zero-order valence-corrected chi connectivity index (χ0v) is 11.1. The van der Waals surface area contributed by atoms with E-state index in [4.69, 9.17) is 10.5 Å². The molecule has 1 fully saturated rings. The summed E-state index contributed by atoms with van der Waals surface area (Å²) >= 11 is 0. The minimum Gasteiger partial charge on any atom is -0.497 e. The van der Waals surface area contributed by atoms with Crippen LogP contribution in [0.4, 0.5) is 11.4 Å². The highest BCUT2D eigenvalue weighted by atomic mass is 16.5. The third-order valence-corrected chi connectivity index (χ3v) is 3.42. The number of hydrogen-bond donors (Lipinski definition) is 2. The largest absolute Gasteiger partial charge is 0.497 e. The van der Waals surface area contributed by atoms with Gasteiger partial charge < -0.3 is 20.7 Å². The van der Waals surface area contributed by atoms with Crippen LogP contribution < -0.4 is 15.8 Å². The van der Waals surface area contributed by atoms with E-state index in [0.717, 1.165) is 30.1 Å². The summed E-state index contributed by atoms with van der Waals surface area (Å²) in [5.41, 5.74) is 7.69. The molecule has 0 unspecified atom stereocenters. The van der Waals surface area contributed by atoms with Gasteiger partial charge in [0.05, 0.1) is 18.5 Å². The van der Waals surface area contributed by atoms with Gasteiger partial charge in [-0.05, 0) is 51.0 Å². The molecule has 1 saturated heterocycles. The summed E-state index contributed by atoms with van der Waals surface area (Å²) in [6, 6.07) is 5.76. The van der Waals surface area contributed by atoms with E-state index in [1.807, 2.05) is 18.2 Å². The number of nitrogens with zero attached hydrogens (tertiary/aromatic N) is 1. The maximum absolute atomic E-state index is 5.95. The van der Waals surface area contributed by atoms with Crippen LogP contribution in [0.2, 0.25) is 0 Å². The van der Waals surface area contributed by atoms with Crippen molar-refractivity contribution in [3.63, 3.8) is 0 Å². The number of rotatable bonds is 6. The standard InChI is InChI=1S/C14H23N3O/c1-18-12-5-6-14(13(15)11-12)16-7-4-10-17-8-2-3-9-17/h5-6,11,16H,2-4,7-10,15H2,1H3. The zero-order chi connectivity index (χ0) is 12.8. The molecule has 4 nitrogen and oxygen atoms in total. The molecule has 1 aromatic carbocycles. The van der Waals surface area contributed by atoms with Crippen molar-refractivity contribution >= 4 is 11.4 Å². The quantitative estimate of drug-likeness (QED) is 0.599. The molecule has 4 heteroatoms. The van der Waals surface area contributed by atoms with Crippen molar-refractivity contribution < 1.29 is 4.74 Å². The van der Waals surface area contributed by atoms with Crippen LogP contribution in [0.5, 0.6) is 5.75 Å². The fraction of sp³-hybridized carbons (Fsp3) is 0.571. The Morgan fingerprint density at radius 1 is 1.33 bits per heavy atom. The van der Waals surface area contributed by atoms with Gasteiger partial charge in [-0.3, -0.25) is 0 Å². The van der Waals surface area contributed by atoms with Crippen molar-refractivity contribution in [2.24, 2.45) is 0 Å². The summed E-state index contributed by atoms with van der Waals surface area (Å²) in [5.74, 6) is 0.801. The first-order valence-corrected chi connectivity index (χ1v) is 6.69. The van der Waals surface area contributed by atoms with Crippen LogP contribution in [-0.4, -0.2) is 38.2 Å². The predicted octanol–water partition coefficient (Wildman–Crippen LogP) is 2.18. The number of nitrogens with one attached hydrogen (secondary N) is 1. The van der Waals surface area contributed by atoms with Crippen molar-refractivity contribution in [2.75, 3.05) is 44.3 Å². The van der Waals surface area contributed by atoms with Crippen molar-refractivity contribution in [3.8, 4) is 5.75 Å². The number of nitrogens with two attached hydrogens (primary N) is 1. The number of methoxy groups -OCH3 is 1. The van der Waals surface area contributed by atoms with Crippen LogP contribution in [0.3, 0.4) is 0 Å². The molecule has 2 rings (SSSR count). The second kappa shape index (κ2) is 6.50. The minimum absolute atomic E-state index is 0.746. The number of anilines is 2. The lowest BCUT2D eigenvalue weighted by atomic mass is 10.2. The summed E-state index contributed by atoms with van der Waals surface area (Å²) in [4.78, 5) is 2.53. The Morgan fingerprint density at radius 2 is 2.11 bits per heavy atom. The van der Waals surface area contributed by atoms with E-state index in [1.54, 1.807) is 7.11 Å². The van der Waals surface area contributed by atoms with Gasteiger partial charge in [-0.1, -0.05) is 0 Å². The van der Waals surface area contributed by atoms with Gasteiger partial charge in [0.25, 0.3) is 0 Å². The normalized spacial score (nSPS) is 15.8. The van der Waals surface area contributed by atoms with Gasteiger partial charge in [-0.25, -0.2) is 0 Å². The first-order chi connectivity index (χ1) is 8.79. The topological polar surface area (TPSA) is 50.5 Å². The van der Waals surface area contributed by atoms with E-state index in [0.29, 0.717) is 0 Å². The minimum atomic E-state index is 0.746. The molecule has 18 heavy (non-hydrogen) atoms. The smallest absolute Gasteiger partial charge is 0.121 e. The molecule has 1 aliphatic rings. The van der Waals surface area contributed by atoms with E-state index in [9.17, 15) is 0 Å². The average Bonchev–Trinajstić information content (AvgIpc) is 2.89. The van der Waals surface area contributed by atoms with E-state index >= 15 is 0 Å². The Morgan fingerprint density at radius 3 is 2.78 bits per heavy atom. The molecule has 0 spiro atoms. The van der Waals surface area contributed by atoms with Crippen molar-refractivity contribution in [1.29, 1.82) is 0 Å². The van der Waals surface area contributed by atoms with Crippen LogP contribution in [0.15, 0.2) is 18.2 Å². The molecule has 1 aromatic rings. The SMILES string of the molecule is COc1ccc(NCCCN2CCCC2)c(N)c1. The maximum atomic E-state index is 5.95. The summed E-state index contributed by atoms with van der Waals surface area (Å²) in [7, 11) is 1.65. The van der Waals surface area contributed by atoms with E-state index < -0.39 is 0 Å². The Bertz CT molecular complexity index is 375. The van der Waals surface area contributed by atoms with E-state index in [1.165, 1.54) is 32.5 Å². The molecule has 0 bridgehead atoms. The molecule has 0 amide bonds. The molecular weight excluding hydrogens is 226 g/mol. The van der Waals surface area contributed by atoms with Crippen LogP contribution in [0, 0.1) is 0 Å². The lowest BCUT2D eigenvalue weighted by molar-refractivity contribution is 0.337. The number of benzene rings is 1. The highest BCUT2D eigenvalue weighted by Crippen LogP contribution is 2.23. The molecule has 0 aromatic heterocycles. The van der Waals surface area contributed by atoms with Gasteiger partial charge >= 0.3 is 0 Å². The van der Waals surface area contributed by atoms with Crippen molar-refractivity contribution in [2.45, 2.75) is 19.3 Å². The van der Waals surface area contributed by atoms with Crippen LogP contribution in [0.25, 0.3) is 0 Å². The fourth-order valence-corrected chi connectivity index (χ4v) is 2.36. The molecule has 0 aliphatic carbocycles. The van der Waals surface area contributed by atoms with Crippen LogP contribution in [-0.2, 0) is 0 Å². The predicted molar refractivity (Wildman–Crippen MR) is 76.2 cm³/mol. The van der Waals surface area contributed by atoms with Gasteiger partial charge in [0.15, 0.2) is 0 Å². The number of hydrogen-bond acceptors (Lipinski definition) is 4. The second-order valence-electron chi connectivity index (χ2n) is 4.78. The first kappa shape index (κ1) is 13.0. The number of nitrogen functional groups attached to an aromatic ring is 1. The Kier molecular flexibility index (Phi) is 4.70. The Hall–Kier alpha value is -1.42. The van der Waals surface area contributed by atoms with Gasteiger partial charge in [-0.15, -0.1) is 0 Å². The molecular formula is C14H23N3O. The number of likely N-dealkylation sites (tertiary alicyclic amines) is 1. The second-order valence-corrected chi connectivity index (χ2v) is 4.78. The third-order valence-electron chi connectivity index (χ3n) is 3.42. The molecule has 0 atom stereocenters. The van der Waals surface area contributed by atoms with E-state index in [2.05, 4.69) is 10.2 Å². The summed E-state index contributed by atoms with van der Waals surface area (Å²) in [6.07, 6.45) is 3.88. The molecule has 3 N–H and O–H groups in total. The summed E-state index contributed by atoms with van der Waals surface area (Å²) < 4.78 is 5.13. The molecule has 1 aliphatic heterocycles. The monoisotopic (exact) mass is 249 g/mol. The lowest BCUT2D eigenvalue weighted by Crippen LogP contribution is -2.22. The average molecular weight is 249 g/mol. The van der Waals surface area contributed by atoms with Crippen molar-refractivity contribution in [1.82, 2.24) is 4.90 Å². The van der Waals surface area contributed by atoms with Crippen LogP contribution in [0.1, 0.15) is 19.3 Å². The molecule has 0 saturated carbocycles. The van der Waals surface area contributed by atoms with Gasteiger partial charge in [0.1, 0.15) is 5.75 Å². The summed E-state index contributed by atoms with van der Waals surface area (Å²) in [6.45, 7) is 4.69. The molecule has 0 radical (unpaired) electrons. The third kappa shape index (κ3) is 3.53. The fourth-order valence-electron chi connectivity index (χ4n) is 2.36. The van der Waals surface area contributed by atoms with E-state index in [-0.39, 0.29) is 0 Å². The molecule has 1 heterocycles. The summed E-state index contributed by atoms with van der Waals surface area (Å²) in [5, 5.41) is 3.38. The van der Waals surface area contributed by atoms with Gasteiger partial charge in [-0.2, -0.15) is 0 Å². The maximum Gasteiger partial charge on any atom is 0.121 e. The Balaban J connectivity index is 1.72. The lowest BCUT2D eigenvalue weighted by Gasteiger charge is -2.15.